The minimum absolute atomic E-state index is 0.318. The number of carbonyl (C=O) groups excluding carboxylic acids is 2. The third kappa shape index (κ3) is 6.45. The lowest BCUT2D eigenvalue weighted by atomic mass is 10.2. The lowest BCUT2D eigenvalue weighted by molar-refractivity contribution is -0.156. The molecule has 0 saturated carbocycles. The van der Waals surface area contributed by atoms with Crippen molar-refractivity contribution in [2.75, 3.05) is 13.7 Å². The highest BCUT2D eigenvalue weighted by Crippen LogP contribution is 2.28. The van der Waals surface area contributed by atoms with Crippen LogP contribution in [0, 0.1) is 0 Å². The molecule has 6 nitrogen and oxygen atoms in total. The van der Waals surface area contributed by atoms with Crippen LogP contribution in [0.25, 0.3) is 6.08 Å². The molecule has 27 heavy (non-hydrogen) atoms. The van der Waals surface area contributed by atoms with Crippen LogP contribution in [0.5, 0.6) is 11.5 Å². The molecule has 1 atom stereocenters. The van der Waals surface area contributed by atoms with Crippen LogP contribution < -0.4 is 14.8 Å². The molecule has 1 N–H and O–H groups in total. The van der Waals surface area contributed by atoms with Gasteiger partial charge in [-0.15, -0.1) is 11.3 Å². The van der Waals surface area contributed by atoms with Crippen molar-refractivity contribution in [1.82, 2.24) is 5.32 Å². The van der Waals surface area contributed by atoms with Crippen molar-refractivity contribution in [1.29, 1.82) is 0 Å². The van der Waals surface area contributed by atoms with Crippen LogP contribution in [-0.4, -0.2) is 31.7 Å². The van der Waals surface area contributed by atoms with Gasteiger partial charge in [0.2, 0.25) is 0 Å². The Bertz CT molecular complexity index is 786. The quantitative estimate of drug-likeness (QED) is 0.665. The van der Waals surface area contributed by atoms with E-state index in [0.717, 1.165) is 10.4 Å². The summed E-state index contributed by atoms with van der Waals surface area (Å²) in [4.78, 5) is 25.0. The van der Waals surface area contributed by atoms with E-state index in [1.807, 2.05) is 42.7 Å². The Morgan fingerprint density at radius 3 is 2.74 bits per heavy atom. The molecule has 2 aromatic rings. The van der Waals surface area contributed by atoms with Gasteiger partial charge < -0.3 is 19.5 Å². The number of methoxy groups -OCH3 is 1. The summed E-state index contributed by atoms with van der Waals surface area (Å²) < 4.78 is 15.9. The Balaban J connectivity index is 1.82. The van der Waals surface area contributed by atoms with Gasteiger partial charge in [0.1, 0.15) is 0 Å². The monoisotopic (exact) mass is 389 g/mol. The highest BCUT2D eigenvalue weighted by molar-refractivity contribution is 7.09. The highest BCUT2D eigenvalue weighted by Gasteiger charge is 2.18. The van der Waals surface area contributed by atoms with Crippen LogP contribution in [0.2, 0.25) is 0 Å². The fraction of sp³-hybridized carbons (Fsp3) is 0.300. The molecule has 0 aliphatic carbocycles. The van der Waals surface area contributed by atoms with Gasteiger partial charge in [0.15, 0.2) is 24.2 Å². The zero-order valence-corrected chi connectivity index (χ0v) is 16.4. The Morgan fingerprint density at radius 1 is 1.26 bits per heavy atom. The van der Waals surface area contributed by atoms with Gasteiger partial charge in [-0.25, -0.2) is 4.79 Å². The van der Waals surface area contributed by atoms with E-state index in [1.54, 1.807) is 23.5 Å². The number of rotatable bonds is 9. The third-order valence-corrected chi connectivity index (χ3v) is 4.46. The van der Waals surface area contributed by atoms with Crippen molar-refractivity contribution in [2.45, 2.75) is 26.5 Å². The number of allylic oxidation sites excluding steroid dienone is 1. The predicted octanol–water partition coefficient (Wildman–Crippen LogP) is 3.42. The largest absolute Gasteiger partial charge is 0.493 e. The van der Waals surface area contributed by atoms with E-state index in [-0.39, 0.29) is 12.5 Å². The lowest BCUT2D eigenvalue weighted by Gasteiger charge is -2.14. The van der Waals surface area contributed by atoms with Crippen LogP contribution in [0.3, 0.4) is 0 Å². The zero-order valence-electron chi connectivity index (χ0n) is 15.6. The number of carbonyl (C=O) groups is 2. The predicted molar refractivity (Wildman–Crippen MR) is 105 cm³/mol. The van der Waals surface area contributed by atoms with Crippen molar-refractivity contribution < 1.29 is 23.8 Å². The van der Waals surface area contributed by atoms with Gasteiger partial charge in [-0.05, 0) is 43.0 Å². The molecule has 0 aliphatic rings. The Hall–Kier alpha value is -2.80. The topological polar surface area (TPSA) is 73.9 Å². The smallest absolute Gasteiger partial charge is 0.344 e. The maximum atomic E-state index is 12.0. The maximum Gasteiger partial charge on any atom is 0.344 e. The molecule has 2 rings (SSSR count). The second-order valence-corrected chi connectivity index (χ2v) is 6.66. The van der Waals surface area contributed by atoms with Gasteiger partial charge in [0.05, 0.1) is 13.7 Å². The summed E-state index contributed by atoms with van der Waals surface area (Å²) in [6, 6.07) is 9.21. The second-order valence-electron chi connectivity index (χ2n) is 5.63. The minimum atomic E-state index is -0.903. The van der Waals surface area contributed by atoms with Gasteiger partial charge in [-0.2, -0.15) is 0 Å². The number of nitrogens with one attached hydrogen (secondary N) is 1. The molecule has 0 unspecified atom stereocenters. The van der Waals surface area contributed by atoms with E-state index in [4.69, 9.17) is 14.2 Å². The third-order valence-electron chi connectivity index (χ3n) is 3.59. The number of thiophene rings is 1. The van der Waals surface area contributed by atoms with Crippen LogP contribution in [0.1, 0.15) is 24.3 Å². The average molecular weight is 389 g/mol. The average Bonchev–Trinajstić information content (AvgIpc) is 3.18. The molecular weight excluding hydrogens is 366 g/mol. The second kappa shape index (κ2) is 10.4. The fourth-order valence-corrected chi connectivity index (χ4v) is 2.90. The number of benzene rings is 1. The molecule has 0 bridgehead atoms. The summed E-state index contributed by atoms with van der Waals surface area (Å²) in [5.41, 5.74) is 0.959. The Labute approximate surface area is 162 Å². The van der Waals surface area contributed by atoms with Gasteiger partial charge >= 0.3 is 5.97 Å². The Kier molecular flexibility index (Phi) is 7.88. The fourth-order valence-electron chi connectivity index (χ4n) is 2.25. The first-order valence-corrected chi connectivity index (χ1v) is 9.34. The zero-order chi connectivity index (χ0) is 19.6. The highest BCUT2D eigenvalue weighted by atomic mass is 32.1. The van der Waals surface area contributed by atoms with Gasteiger partial charge in [0.25, 0.3) is 5.91 Å². The first kappa shape index (κ1) is 20.5. The van der Waals surface area contributed by atoms with Crippen molar-refractivity contribution in [3.05, 3.63) is 52.2 Å². The van der Waals surface area contributed by atoms with Crippen molar-refractivity contribution in [3.8, 4) is 11.5 Å². The van der Waals surface area contributed by atoms with E-state index in [0.29, 0.717) is 18.0 Å². The van der Waals surface area contributed by atoms with Crippen molar-refractivity contribution >= 4 is 29.3 Å². The molecule has 0 fully saturated rings. The summed E-state index contributed by atoms with van der Waals surface area (Å²) in [7, 11) is 1.53. The van der Waals surface area contributed by atoms with Crippen LogP contribution >= 0.6 is 11.3 Å². The lowest BCUT2D eigenvalue weighted by Crippen LogP contribution is -2.36. The molecule has 1 aromatic heterocycles. The van der Waals surface area contributed by atoms with E-state index >= 15 is 0 Å². The molecule has 0 aliphatic heterocycles. The van der Waals surface area contributed by atoms with Gasteiger partial charge in [-0.1, -0.05) is 24.3 Å². The van der Waals surface area contributed by atoms with Gasteiger partial charge in [0, 0.05) is 4.88 Å². The van der Waals surface area contributed by atoms with E-state index < -0.39 is 12.1 Å². The summed E-state index contributed by atoms with van der Waals surface area (Å²) in [6.07, 6.45) is 2.94. The number of hydrogen-bond acceptors (Lipinski definition) is 6. The number of hydrogen-bond donors (Lipinski definition) is 1. The van der Waals surface area contributed by atoms with Crippen molar-refractivity contribution in [2.24, 2.45) is 0 Å². The molecule has 1 amide bonds. The molecule has 1 aromatic carbocycles. The first-order chi connectivity index (χ1) is 13.0. The van der Waals surface area contributed by atoms with E-state index in [2.05, 4.69) is 5.32 Å². The molecule has 7 heteroatoms. The number of amides is 1. The maximum absolute atomic E-state index is 12.0. The standard InChI is InChI=1S/C20H23NO5S/c1-4-6-15-8-9-17(18(11-15)24-3)25-13-19(22)26-14(2)20(23)21-12-16-7-5-10-27-16/h4-11,14H,12-13H2,1-3H3,(H,21,23)/b6-4+/t14-/m0/s1. The van der Waals surface area contributed by atoms with Crippen LogP contribution in [0.4, 0.5) is 0 Å². The summed E-state index contributed by atoms with van der Waals surface area (Å²) >= 11 is 1.55. The van der Waals surface area contributed by atoms with Crippen LogP contribution in [0.15, 0.2) is 41.8 Å². The minimum Gasteiger partial charge on any atom is -0.493 e. The first-order valence-electron chi connectivity index (χ1n) is 8.46. The van der Waals surface area contributed by atoms with E-state index in [9.17, 15) is 9.59 Å². The molecule has 144 valence electrons. The van der Waals surface area contributed by atoms with E-state index in [1.165, 1.54) is 14.0 Å². The molecular formula is C20H23NO5S. The molecule has 0 radical (unpaired) electrons. The van der Waals surface area contributed by atoms with Gasteiger partial charge in [-0.3, -0.25) is 4.79 Å². The van der Waals surface area contributed by atoms with Crippen LogP contribution in [-0.2, 0) is 20.9 Å². The SMILES string of the molecule is C/C=C/c1ccc(OCC(=O)O[C@@H](C)C(=O)NCc2cccs2)c(OC)c1. The molecule has 0 saturated heterocycles. The summed E-state index contributed by atoms with van der Waals surface area (Å²) in [6.45, 7) is 3.53. The summed E-state index contributed by atoms with van der Waals surface area (Å²) in [5, 5.41) is 4.66. The normalized spacial score (nSPS) is 11.8. The summed E-state index contributed by atoms with van der Waals surface area (Å²) in [5.74, 6) is -0.0453. The number of esters is 1. The number of ether oxygens (including phenoxy) is 3. The molecule has 0 spiro atoms. The Morgan fingerprint density at radius 2 is 2.07 bits per heavy atom. The molecule has 1 heterocycles. The van der Waals surface area contributed by atoms with Crippen molar-refractivity contribution in [3.63, 3.8) is 0 Å².